The quantitative estimate of drug-likeness (QED) is 0.0261. The van der Waals surface area contributed by atoms with E-state index < -0.39 is 6.10 Å². The summed E-state index contributed by atoms with van der Waals surface area (Å²) in [5, 5.41) is 0. The van der Waals surface area contributed by atoms with Crippen LogP contribution in [0.2, 0.25) is 0 Å². The third-order valence-electron chi connectivity index (χ3n) is 16.5. The number of allylic oxidation sites excluding steroid dienone is 10. The van der Waals surface area contributed by atoms with Gasteiger partial charge in [-0.1, -0.05) is 351 Å². The van der Waals surface area contributed by atoms with Crippen LogP contribution in [-0.4, -0.2) is 37.2 Å². The summed E-state index contributed by atoms with van der Waals surface area (Å²) in [6.07, 6.45) is 92.6. The second-order valence-corrected chi connectivity index (χ2v) is 24.9. The van der Waals surface area contributed by atoms with E-state index in [1.54, 1.807) is 0 Å². The van der Waals surface area contributed by atoms with Crippen LogP contribution in [-0.2, 0) is 28.6 Å². The minimum absolute atomic E-state index is 0.0748. The smallest absolute Gasteiger partial charge is 0.306 e. The van der Waals surface area contributed by atoms with Gasteiger partial charge in [0.25, 0.3) is 0 Å². The summed E-state index contributed by atoms with van der Waals surface area (Å²) in [7, 11) is 0. The molecule has 0 aliphatic rings. The van der Waals surface area contributed by atoms with Crippen molar-refractivity contribution < 1.29 is 28.6 Å². The molecule has 0 saturated heterocycles. The Morgan fingerprint density at radius 3 is 0.723 bits per heavy atom. The standard InChI is InChI=1S/C77H140O6/c1-4-7-10-13-16-19-22-25-27-29-31-33-35-36-37-38-39-40-42-43-45-47-49-52-55-58-61-64-67-70-76(79)82-73-74(72-81-75(78)69-66-63-60-57-54-51-24-21-18-15-12-9-6-3)83-77(80)71-68-65-62-59-56-53-50-48-46-44-41-34-32-30-28-26-23-20-17-14-11-8-5-2/h12,15,21-22,24-25,29,31,35-36,74H,4-11,13-14,16-20,23,26-28,30,32-34,37-73H2,1-3H3/b15-12-,24-21-,25-22-,31-29-,36-35-. The van der Waals surface area contributed by atoms with Gasteiger partial charge in [-0.3, -0.25) is 14.4 Å². The molecule has 0 radical (unpaired) electrons. The normalized spacial score (nSPS) is 12.4. The number of unbranched alkanes of at least 4 members (excludes halogenated alkanes) is 47. The van der Waals surface area contributed by atoms with E-state index in [1.165, 1.54) is 257 Å². The van der Waals surface area contributed by atoms with Gasteiger partial charge >= 0.3 is 17.9 Å². The maximum Gasteiger partial charge on any atom is 0.306 e. The number of hydrogen-bond donors (Lipinski definition) is 0. The van der Waals surface area contributed by atoms with Gasteiger partial charge in [0.2, 0.25) is 0 Å². The van der Waals surface area contributed by atoms with Crippen molar-refractivity contribution in [1.82, 2.24) is 0 Å². The zero-order chi connectivity index (χ0) is 59.9. The Balaban J connectivity index is 4.21. The molecule has 0 aromatic heterocycles. The molecule has 0 heterocycles. The van der Waals surface area contributed by atoms with E-state index in [1.807, 2.05) is 0 Å². The first-order valence-corrected chi connectivity index (χ1v) is 36.8. The molecule has 1 atom stereocenters. The SMILES string of the molecule is CCC/C=C\C/C=C\CCCCCCCC(=O)OCC(COC(=O)CCCCCCCCCCCCCCCC/C=C\C/C=C\C/C=C\CCCCCCC)OC(=O)CCCCCCCCCCCCCCCCCCCCCCCCC. The fourth-order valence-corrected chi connectivity index (χ4v) is 11.0. The molecule has 83 heavy (non-hydrogen) atoms. The van der Waals surface area contributed by atoms with Crippen molar-refractivity contribution in [3.8, 4) is 0 Å². The molecule has 0 aliphatic carbocycles. The first-order chi connectivity index (χ1) is 41.0. The van der Waals surface area contributed by atoms with E-state index in [0.29, 0.717) is 19.3 Å². The summed E-state index contributed by atoms with van der Waals surface area (Å²) in [6, 6.07) is 0. The number of carbonyl (C=O) groups excluding carboxylic acids is 3. The van der Waals surface area contributed by atoms with Crippen molar-refractivity contribution in [2.24, 2.45) is 0 Å². The lowest BCUT2D eigenvalue weighted by Crippen LogP contribution is -2.30. The average Bonchev–Trinajstić information content (AvgIpc) is 3.49. The second-order valence-electron chi connectivity index (χ2n) is 24.9. The molecule has 0 rings (SSSR count). The monoisotopic (exact) mass is 1160 g/mol. The van der Waals surface area contributed by atoms with Crippen molar-refractivity contribution in [2.45, 2.75) is 399 Å². The zero-order valence-corrected chi connectivity index (χ0v) is 55.7. The van der Waals surface area contributed by atoms with E-state index in [2.05, 4.69) is 81.5 Å². The van der Waals surface area contributed by atoms with Crippen molar-refractivity contribution in [3.05, 3.63) is 60.8 Å². The van der Waals surface area contributed by atoms with Crippen LogP contribution in [0.25, 0.3) is 0 Å². The van der Waals surface area contributed by atoms with Gasteiger partial charge in [0.1, 0.15) is 13.2 Å². The fourth-order valence-electron chi connectivity index (χ4n) is 11.0. The number of carbonyl (C=O) groups is 3. The average molecular weight is 1160 g/mol. The first kappa shape index (κ1) is 80.1. The van der Waals surface area contributed by atoms with Crippen molar-refractivity contribution in [1.29, 1.82) is 0 Å². The highest BCUT2D eigenvalue weighted by atomic mass is 16.6. The fraction of sp³-hybridized carbons (Fsp3) is 0.831. The summed E-state index contributed by atoms with van der Waals surface area (Å²) >= 11 is 0. The number of esters is 3. The Morgan fingerprint density at radius 2 is 0.458 bits per heavy atom. The molecular formula is C77H140O6. The van der Waals surface area contributed by atoms with Crippen molar-refractivity contribution in [3.63, 3.8) is 0 Å². The van der Waals surface area contributed by atoms with Gasteiger partial charge in [0.05, 0.1) is 0 Å². The van der Waals surface area contributed by atoms with Gasteiger partial charge in [-0.25, -0.2) is 0 Å². The molecule has 0 saturated carbocycles. The van der Waals surface area contributed by atoms with Crippen LogP contribution in [0.15, 0.2) is 60.8 Å². The van der Waals surface area contributed by atoms with E-state index in [0.717, 1.165) is 96.3 Å². The van der Waals surface area contributed by atoms with Gasteiger partial charge in [0, 0.05) is 19.3 Å². The predicted octanol–water partition coefficient (Wildman–Crippen LogP) is 25.5. The van der Waals surface area contributed by atoms with Crippen LogP contribution >= 0.6 is 0 Å². The Bertz CT molecular complexity index is 1470. The molecule has 0 aromatic carbocycles. The Kier molecular flexibility index (Phi) is 69.1. The highest BCUT2D eigenvalue weighted by molar-refractivity contribution is 5.71. The second kappa shape index (κ2) is 71.6. The molecule has 484 valence electrons. The third-order valence-corrected chi connectivity index (χ3v) is 16.5. The molecular weight excluding hydrogens is 1020 g/mol. The Hall–Kier alpha value is -2.89. The lowest BCUT2D eigenvalue weighted by Gasteiger charge is -2.18. The number of rotatable bonds is 68. The van der Waals surface area contributed by atoms with Crippen molar-refractivity contribution >= 4 is 17.9 Å². The highest BCUT2D eigenvalue weighted by Crippen LogP contribution is 2.19. The molecule has 0 fully saturated rings. The summed E-state index contributed by atoms with van der Waals surface area (Å²) in [6.45, 7) is 6.62. The lowest BCUT2D eigenvalue weighted by atomic mass is 10.0. The molecule has 6 heteroatoms. The molecule has 0 spiro atoms. The zero-order valence-electron chi connectivity index (χ0n) is 55.7. The van der Waals surface area contributed by atoms with Crippen molar-refractivity contribution in [2.75, 3.05) is 13.2 Å². The van der Waals surface area contributed by atoms with Gasteiger partial charge in [-0.05, 0) is 83.5 Å². The largest absolute Gasteiger partial charge is 0.462 e. The molecule has 0 bridgehead atoms. The molecule has 6 nitrogen and oxygen atoms in total. The van der Waals surface area contributed by atoms with E-state index in [-0.39, 0.29) is 31.1 Å². The maximum absolute atomic E-state index is 13.0. The minimum atomic E-state index is -0.780. The molecule has 0 aromatic rings. The summed E-state index contributed by atoms with van der Waals surface area (Å²) in [5.41, 5.74) is 0. The molecule has 0 amide bonds. The van der Waals surface area contributed by atoms with Gasteiger partial charge in [-0.15, -0.1) is 0 Å². The minimum Gasteiger partial charge on any atom is -0.462 e. The van der Waals surface area contributed by atoms with E-state index in [4.69, 9.17) is 14.2 Å². The predicted molar refractivity (Wildman–Crippen MR) is 362 cm³/mol. The first-order valence-electron chi connectivity index (χ1n) is 36.8. The molecule has 0 N–H and O–H groups in total. The van der Waals surface area contributed by atoms with Crippen LogP contribution in [0.3, 0.4) is 0 Å². The topological polar surface area (TPSA) is 78.9 Å². The Labute approximate surface area is 517 Å². The van der Waals surface area contributed by atoms with Gasteiger partial charge in [-0.2, -0.15) is 0 Å². The molecule has 0 aliphatic heterocycles. The lowest BCUT2D eigenvalue weighted by molar-refractivity contribution is -0.167. The van der Waals surface area contributed by atoms with Crippen LogP contribution in [0.4, 0.5) is 0 Å². The Morgan fingerprint density at radius 1 is 0.241 bits per heavy atom. The highest BCUT2D eigenvalue weighted by Gasteiger charge is 2.19. The number of ether oxygens (including phenoxy) is 3. The van der Waals surface area contributed by atoms with Gasteiger partial charge < -0.3 is 14.2 Å². The van der Waals surface area contributed by atoms with Gasteiger partial charge in [0.15, 0.2) is 6.10 Å². The molecule has 1 unspecified atom stereocenters. The summed E-state index contributed by atoms with van der Waals surface area (Å²) < 4.78 is 17.0. The van der Waals surface area contributed by atoms with E-state index in [9.17, 15) is 14.4 Å². The summed E-state index contributed by atoms with van der Waals surface area (Å²) in [4.78, 5) is 38.5. The van der Waals surface area contributed by atoms with Crippen LogP contribution in [0.5, 0.6) is 0 Å². The van der Waals surface area contributed by atoms with Crippen LogP contribution in [0.1, 0.15) is 393 Å². The third kappa shape index (κ3) is 69.8. The summed E-state index contributed by atoms with van der Waals surface area (Å²) in [5.74, 6) is -0.864. The van der Waals surface area contributed by atoms with Crippen LogP contribution < -0.4 is 0 Å². The maximum atomic E-state index is 13.0. The van der Waals surface area contributed by atoms with E-state index >= 15 is 0 Å². The number of hydrogen-bond acceptors (Lipinski definition) is 6. The van der Waals surface area contributed by atoms with Crippen LogP contribution in [0, 0.1) is 0 Å².